The van der Waals surface area contributed by atoms with Crippen molar-refractivity contribution >= 4 is 59.3 Å². The van der Waals surface area contributed by atoms with Crippen LogP contribution in [-0.2, 0) is 0 Å². The second kappa shape index (κ2) is 13.7. The first-order chi connectivity index (χ1) is 26.8. The molecule has 0 N–H and O–H groups in total. The monoisotopic (exact) mass is 705 g/mol. The van der Waals surface area contributed by atoms with Crippen molar-refractivity contribution in [1.82, 2.24) is 0 Å². The molecule has 0 radical (unpaired) electrons. The van der Waals surface area contributed by atoms with Gasteiger partial charge in [0.25, 0.3) is 0 Å². The number of thiophene rings is 1. The Bertz CT molecular complexity index is 2910. The summed E-state index contributed by atoms with van der Waals surface area (Å²) in [5.74, 6) is 0. The van der Waals surface area contributed by atoms with Crippen LogP contribution in [0.3, 0.4) is 0 Å². The average molecular weight is 706 g/mol. The SMILES string of the molecule is c1ccc(-c2ccc3sc4c(N(c5ccc(-c6cccc7ccccc67)cc5)c5ccc(-c6ccccc6)c(-c6ccccc6)c5)cccc4c3c2)cc1. The molecule has 0 aliphatic rings. The first-order valence-electron chi connectivity index (χ1n) is 18.4. The highest BCUT2D eigenvalue weighted by molar-refractivity contribution is 7.26. The second-order valence-corrected chi connectivity index (χ2v) is 14.8. The van der Waals surface area contributed by atoms with Crippen molar-refractivity contribution in [2.75, 3.05) is 4.90 Å². The summed E-state index contributed by atoms with van der Waals surface area (Å²) in [6, 6.07) is 77.1. The van der Waals surface area contributed by atoms with Crippen LogP contribution in [0.2, 0.25) is 0 Å². The molecule has 0 atom stereocenters. The van der Waals surface area contributed by atoms with Gasteiger partial charge in [-0.05, 0) is 97.7 Å². The number of nitrogens with zero attached hydrogens (tertiary/aromatic N) is 1. The Morgan fingerprint density at radius 1 is 0.315 bits per heavy atom. The lowest BCUT2D eigenvalue weighted by atomic mass is 9.93. The molecule has 0 amide bonds. The summed E-state index contributed by atoms with van der Waals surface area (Å²) in [5, 5.41) is 5.07. The quantitative estimate of drug-likeness (QED) is 0.160. The standard InChI is InChI=1S/C52H35NS/c1-4-14-36(15-5-1)41-28-33-51-49(34-41)47-24-13-25-50(52(47)54-51)53(42-29-26-40(27-30-42)45-23-12-21-38-20-10-11-22-44(38)45)43-31-32-46(37-16-6-2-7-17-37)48(35-43)39-18-8-3-9-19-39/h1-35H. The Balaban J connectivity index is 1.18. The van der Waals surface area contributed by atoms with Gasteiger partial charge in [0.1, 0.15) is 0 Å². The Kier molecular flexibility index (Phi) is 8.09. The molecule has 0 spiro atoms. The lowest BCUT2D eigenvalue weighted by Gasteiger charge is -2.27. The zero-order valence-corrected chi connectivity index (χ0v) is 30.4. The number of hydrogen-bond acceptors (Lipinski definition) is 2. The van der Waals surface area contributed by atoms with E-state index in [4.69, 9.17) is 0 Å². The highest BCUT2D eigenvalue weighted by Gasteiger charge is 2.20. The van der Waals surface area contributed by atoms with E-state index in [1.807, 2.05) is 11.3 Å². The van der Waals surface area contributed by atoms with E-state index >= 15 is 0 Å². The largest absolute Gasteiger partial charge is 0.309 e. The molecule has 254 valence electrons. The summed E-state index contributed by atoms with van der Waals surface area (Å²) in [7, 11) is 0. The van der Waals surface area contributed by atoms with Crippen molar-refractivity contribution in [1.29, 1.82) is 0 Å². The van der Waals surface area contributed by atoms with Gasteiger partial charge in [-0.3, -0.25) is 0 Å². The predicted molar refractivity (Wildman–Crippen MR) is 233 cm³/mol. The third kappa shape index (κ3) is 5.74. The maximum Gasteiger partial charge on any atom is 0.0640 e. The van der Waals surface area contributed by atoms with Crippen LogP contribution in [0.4, 0.5) is 17.1 Å². The van der Waals surface area contributed by atoms with Crippen molar-refractivity contribution in [3.63, 3.8) is 0 Å². The van der Waals surface area contributed by atoms with E-state index in [1.54, 1.807) is 0 Å². The average Bonchev–Trinajstić information content (AvgIpc) is 3.63. The third-order valence-electron chi connectivity index (χ3n) is 10.5. The topological polar surface area (TPSA) is 3.24 Å². The molecule has 1 nitrogen and oxygen atoms in total. The molecule has 0 fully saturated rings. The Hall–Kier alpha value is -6.74. The molecule has 0 aliphatic heterocycles. The van der Waals surface area contributed by atoms with Crippen LogP contribution in [0, 0.1) is 0 Å². The molecule has 1 aromatic heterocycles. The minimum atomic E-state index is 1.11. The first kappa shape index (κ1) is 32.0. The van der Waals surface area contributed by atoms with E-state index < -0.39 is 0 Å². The van der Waals surface area contributed by atoms with Gasteiger partial charge in [-0.15, -0.1) is 11.3 Å². The Morgan fingerprint density at radius 3 is 1.65 bits per heavy atom. The number of rotatable bonds is 7. The molecule has 0 unspecified atom stereocenters. The maximum atomic E-state index is 2.45. The molecular weight excluding hydrogens is 671 g/mol. The second-order valence-electron chi connectivity index (χ2n) is 13.7. The fourth-order valence-electron chi connectivity index (χ4n) is 7.86. The van der Waals surface area contributed by atoms with Crippen molar-refractivity contribution in [2.24, 2.45) is 0 Å². The van der Waals surface area contributed by atoms with E-state index in [9.17, 15) is 0 Å². The highest BCUT2D eigenvalue weighted by atomic mass is 32.1. The zero-order chi connectivity index (χ0) is 35.8. The molecule has 54 heavy (non-hydrogen) atoms. The van der Waals surface area contributed by atoms with Gasteiger partial charge in [-0.1, -0.05) is 170 Å². The van der Waals surface area contributed by atoms with Gasteiger partial charge in [0, 0.05) is 26.8 Å². The van der Waals surface area contributed by atoms with E-state index in [0.717, 1.165) is 11.4 Å². The van der Waals surface area contributed by atoms with Crippen LogP contribution in [0.5, 0.6) is 0 Å². The van der Waals surface area contributed by atoms with Crippen molar-refractivity contribution in [2.45, 2.75) is 0 Å². The molecule has 9 aromatic carbocycles. The van der Waals surface area contributed by atoms with Crippen LogP contribution in [0.25, 0.3) is 75.5 Å². The molecule has 1 heterocycles. The van der Waals surface area contributed by atoms with Crippen LogP contribution in [-0.4, -0.2) is 0 Å². The molecule has 10 aromatic rings. The van der Waals surface area contributed by atoms with E-state index in [0.29, 0.717) is 0 Å². The maximum absolute atomic E-state index is 2.45. The smallest absolute Gasteiger partial charge is 0.0640 e. The van der Waals surface area contributed by atoms with Crippen molar-refractivity contribution < 1.29 is 0 Å². The van der Waals surface area contributed by atoms with Gasteiger partial charge in [0.05, 0.1) is 10.4 Å². The number of anilines is 3. The van der Waals surface area contributed by atoms with E-state index in [1.165, 1.54) is 81.1 Å². The van der Waals surface area contributed by atoms with Crippen LogP contribution in [0.15, 0.2) is 212 Å². The highest BCUT2D eigenvalue weighted by Crippen LogP contribution is 2.47. The van der Waals surface area contributed by atoms with Gasteiger partial charge in [0.15, 0.2) is 0 Å². The minimum Gasteiger partial charge on any atom is -0.309 e. The molecule has 10 rings (SSSR count). The first-order valence-corrected chi connectivity index (χ1v) is 19.2. The zero-order valence-electron chi connectivity index (χ0n) is 29.6. The van der Waals surface area contributed by atoms with Gasteiger partial charge in [0.2, 0.25) is 0 Å². The summed E-state index contributed by atoms with van der Waals surface area (Å²) in [6.07, 6.45) is 0. The van der Waals surface area contributed by atoms with Crippen LogP contribution >= 0.6 is 11.3 Å². The van der Waals surface area contributed by atoms with E-state index in [-0.39, 0.29) is 0 Å². The summed E-state index contributed by atoms with van der Waals surface area (Å²) < 4.78 is 2.55. The fraction of sp³-hybridized carbons (Fsp3) is 0. The van der Waals surface area contributed by atoms with Crippen molar-refractivity contribution in [3.05, 3.63) is 212 Å². The molecule has 0 bridgehead atoms. The van der Waals surface area contributed by atoms with Crippen LogP contribution in [0.1, 0.15) is 0 Å². The summed E-state index contributed by atoms with van der Waals surface area (Å²) >= 11 is 1.87. The third-order valence-corrected chi connectivity index (χ3v) is 11.7. The Labute approximate surface area is 319 Å². The van der Waals surface area contributed by atoms with Gasteiger partial charge < -0.3 is 4.90 Å². The normalized spacial score (nSPS) is 11.3. The molecular formula is C52H35NS. The minimum absolute atomic E-state index is 1.11. The van der Waals surface area contributed by atoms with Crippen molar-refractivity contribution in [3.8, 4) is 44.5 Å². The summed E-state index contributed by atoms with van der Waals surface area (Å²) in [5.41, 5.74) is 13.1. The summed E-state index contributed by atoms with van der Waals surface area (Å²) in [6.45, 7) is 0. The number of benzene rings is 9. The lowest BCUT2D eigenvalue weighted by molar-refractivity contribution is 1.30. The number of fused-ring (bicyclic) bond motifs is 4. The van der Waals surface area contributed by atoms with E-state index in [2.05, 4.69) is 217 Å². The summed E-state index contributed by atoms with van der Waals surface area (Å²) in [4.78, 5) is 2.45. The molecule has 0 saturated carbocycles. The van der Waals surface area contributed by atoms with Gasteiger partial charge in [-0.25, -0.2) is 0 Å². The predicted octanol–water partition coefficient (Wildman–Crippen LogP) is 15.3. The lowest BCUT2D eigenvalue weighted by Crippen LogP contribution is -2.10. The van der Waals surface area contributed by atoms with Crippen LogP contribution < -0.4 is 4.90 Å². The van der Waals surface area contributed by atoms with Gasteiger partial charge in [-0.2, -0.15) is 0 Å². The molecule has 0 saturated heterocycles. The molecule has 0 aliphatic carbocycles. The van der Waals surface area contributed by atoms with Gasteiger partial charge >= 0.3 is 0 Å². The Morgan fingerprint density at radius 2 is 0.889 bits per heavy atom. The fourth-order valence-corrected chi connectivity index (χ4v) is 9.05. The number of hydrogen-bond donors (Lipinski definition) is 0. The molecule has 2 heteroatoms.